The van der Waals surface area contributed by atoms with Gasteiger partial charge in [-0.05, 0) is 30.5 Å². The van der Waals surface area contributed by atoms with Gasteiger partial charge in [0.25, 0.3) is 0 Å². The Morgan fingerprint density at radius 2 is 1.95 bits per heavy atom. The van der Waals surface area contributed by atoms with Crippen LogP contribution in [0, 0.1) is 0 Å². The van der Waals surface area contributed by atoms with Crippen molar-refractivity contribution in [3.8, 4) is 5.69 Å². The number of imidazole rings is 1. The Morgan fingerprint density at radius 3 is 2.52 bits per heavy atom. The standard InChI is InChI=1S/C19H22N2/c1-5-7-8-16(6-2)19-20-13-14-21(19)18-11-9-17(10-12-18)15(3)4/h5-15H,2H2,1,3-4H3/b7-5-,16-8+. The van der Waals surface area contributed by atoms with E-state index in [0.29, 0.717) is 5.92 Å². The van der Waals surface area contributed by atoms with E-state index in [0.717, 1.165) is 17.1 Å². The molecule has 108 valence electrons. The maximum absolute atomic E-state index is 4.46. The monoisotopic (exact) mass is 278 g/mol. The molecule has 0 saturated carbocycles. The lowest BCUT2D eigenvalue weighted by Gasteiger charge is -2.10. The zero-order chi connectivity index (χ0) is 15.2. The first kappa shape index (κ1) is 15.0. The molecule has 0 aliphatic heterocycles. The van der Waals surface area contributed by atoms with E-state index in [2.05, 4.69) is 54.2 Å². The van der Waals surface area contributed by atoms with Gasteiger partial charge < -0.3 is 0 Å². The van der Waals surface area contributed by atoms with Crippen molar-refractivity contribution in [2.24, 2.45) is 0 Å². The van der Waals surface area contributed by atoms with Crippen LogP contribution in [-0.4, -0.2) is 9.55 Å². The molecule has 0 aliphatic carbocycles. The van der Waals surface area contributed by atoms with E-state index in [4.69, 9.17) is 0 Å². The molecule has 2 aromatic rings. The third kappa shape index (κ3) is 3.40. The van der Waals surface area contributed by atoms with E-state index < -0.39 is 0 Å². The summed E-state index contributed by atoms with van der Waals surface area (Å²) in [5.74, 6) is 1.44. The topological polar surface area (TPSA) is 17.8 Å². The van der Waals surface area contributed by atoms with Gasteiger partial charge in [-0.1, -0.05) is 56.9 Å². The van der Waals surface area contributed by atoms with Crippen molar-refractivity contribution in [1.29, 1.82) is 0 Å². The lowest BCUT2D eigenvalue weighted by molar-refractivity contribution is 0.865. The van der Waals surface area contributed by atoms with E-state index in [-0.39, 0.29) is 0 Å². The molecule has 0 unspecified atom stereocenters. The van der Waals surface area contributed by atoms with Gasteiger partial charge in [-0.2, -0.15) is 0 Å². The molecule has 0 bridgehead atoms. The van der Waals surface area contributed by atoms with Crippen LogP contribution in [0.2, 0.25) is 0 Å². The van der Waals surface area contributed by atoms with Crippen molar-refractivity contribution >= 4 is 5.57 Å². The summed E-state index contributed by atoms with van der Waals surface area (Å²) in [5.41, 5.74) is 3.46. The molecule has 0 fully saturated rings. The lowest BCUT2D eigenvalue weighted by Crippen LogP contribution is -1.99. The average Bonchev–Trinajstić information content (AvgIpc) is 2.97. The largest absolute Gasteiger partial charge is 0.300 e. The molecule has 0 amide bonds. The Balaban J connectivity index is 2.42. The molecule has 0 saturated heterocycles. The second kappa shape index (κ2) is 6.89. The Kier molecular flexibility index (Phi) is 4.94. The van der Waals surface area contributed by atoms with Crippen LogP contribution in [0.15, 0.2) is 67.5 Å². The summed E-state index contributed by atoms with van der Waals surface area (Å²) in [5, 5.41) is 0. The molecule has 21 heavy (non-hydrogen) atoms. The molecule has 0 radical (unpaired) electrons. The van der Waals surface area contributed by atoms with E-state index >= 15 is 0 Å². The molecule has 2 heteroatoms. The maximum atomic E-state index is 4.46. The number of nitrogens with zero attached hydrogens (tertiary/aromatic N) is 2. The highest BCUT2D eigenvalue weighted by Gasteiger charge is 2.08. The van der Waals surface area contributed by atoms with Crippen LogP contribution < -0.4 is 0 Å². The van der Waals surface area contributed by atoms with Gasteiger partial charge in [-0.25, -0.2) is 4.98 Å². The van der Waals surface area contributed by atoms with Gasteiger partial charge in [-0.3, -0.25) is 4.57 Å². The zero-order valence-corrected chi connectivity index (χ0v) is 13.0. The van der Waals surface area contributed by atoms with Crippen molar-refractivity contribution in [1.82, 2.24) is 9.55 Å². The van der Waals surface area contributed by atoms with Gasteiger partial charge in [0.1, 0.15) is 5.82 Å². The van der Waals surface area contributed by atoms with Crippen LogP contribution >= 0.6 is 0 Å². The fourth-order valence-electron chi connectivity index (χ4n) is 2.18. The molecular weight excluding hydrogens is 256 g/mol. The van der Waals surface area contributed by atoms with Gasteiger partial charge in [-0.15, -0.1) is 0 Å². The normalized spacial score (nSPS) is 12.3. The minimum absolute atomic E-state index is 0.541. The summed E-state index contributed by atoms with van der Waals surface area (Å²) in [7, 11) is 0. The fourth-order valence-corrected chi connectivity index (χ4v) is 2.18. The van der Waals surface area contributed by atoms with Gasteiger partial charge in [0, 0.05) is 23.7 Å². The maximum Gasteiger partial charge on any atom is 0.144 e. The third-order valence-corrected chi connectivity index (χ3v) is 3.43. The van der Waals surface area contributed by atoms with Crippen molar-refractivity contribution in [3.05, 3.63) is 78.9 Å². The molecule has 1 heterocycles. The van der Waals surface area contributed by atoms with Gasteiger partial charge >= 0.3 is 0 Å². The first-order valence-corrected chi connectivity index (χ1v) is 7.26. The SMILES string of the molecule is C=C/C(=C\C=C/C)c1nccn1-c1ccc(C(C)C)cc1. The summed E-state index contributed by atoms with van der Waals surface area (Å²) >= 11 is 0. The predicted octanol–water partition coefficient (Wildman–Crippen LogP) is 5.14. The smallest absolute Gasteiger partial charge is 0.144 e. The molecule has 2 rings (SSSR count). The summed E-state index contributed by atoms with van der Waals surface area (Å²) in [6.07, 6.45) is 11.6. The Morgan fingerprint density at radius 1 is 1.24 bits per heavy atom. The van der Waals surface area contributed by atoms with Gasteiger partial charge in [0.2, 0.25) is 0 Å². The second-order valence-corrected chi connectivity index (χ2v) is 5.22. The number of hydrogen-bond acceptors (Lipinski definition) is 1. The average molecular weight is 278 g/mol. The van der Waals surface area contributed by atoms with Crippen LogP contribution in [0.3, 0.4) is 0 Å². The van der Waals surface area contributed by atoms with Gasteiger partial charge in [0.15, 0.2) is 0 Å². The first-order chi connectivity index (χ1) is 10.2. The minimum Gasteiger partial charge on any atom is -0.300 e. The first-order valence-electron chi connectivity index (χ1n) is 7.26. The Labute approximate surface area is 127 Å². The van der Waals surface area contributed by atoms with E-state index in [1.807, 2.05) is 43.6 Å². The van der Waals surface area contributed by atoms with Crippen LogP contribution in [0.1, 0.15) is 38.1 Å². The molecule has 1 aromatic heterocycles. The van der Waals surface area contributed by atoms with Crippen LogP contribution in [0.5, 0.6) is 0 Å². The van der Waals surface area contributed by atoms with Crippen molar-refractivity contribution in [3.63, 3.8) is 0 Å². The highest BCUT2D eigenvalue weighted by molar-refractivity contribution is 5.71. The Bertz CT molecular complexity index is 655. The highest BCUT2D eigenvalue weighted by Crippen LogP contribution is 2.21. The highest BCUT2D eigenvalue weighted by atomic mass is 15.1. The Hall–Kier alpha value is -2.35. The van der Waals surface area contributed by atoms with Crippen molar-refractivity contribution in [2.45, 2.75) is 26.7 Å². The number of aromatic nitrogens is 2. The number of benzene rings is 1. The molecule has 1 aromatic carbocycles. The minimum atomic E-state index is 0.541. The molecule has 0 spiro atoms. The number of hydrogen-bond donors (Lipinski definition) is 0. The molecule has 0 N–H and O–H groups in total. The van der Waals surface area contributed by atoms with Crippen molar-refractivity contribution < 1.29 is 0 Å². The van der Waals surface area contributed by atoms with E-state index in [9.17, 15) is 0 Å². The van der Waals surface area contributed by atoms with Crippen LogP contribution in [0.25, 0.3) is 11.3 Å². The van der Waals surface area contributed by atoms with E-state index in [1.54, 1.807) is 0 Å². The summed E-state index contributed by atoms with van der Waals surface area (Å²) in [4.78, 5) is 4.46. The molecule has 0 aliphatic rings. The molecular formula is C19H22N2. The predicted molar refractivity (Wildman–Crippen MR) is 90.6 cm³/mol. The summed E-state index contributed by atoms with van der Waals surface area (Å²) in [6, 6.07) is 8.62. The third-order valence-electron chi connectivity index (χ3n) is 3.43. The zero-order valence-electron chi connectivity index (χ0n) is 13.0. The number of rotatable bonds is 5. The van der Waals surface area contributed by atoms with Crippen LogP contribution in [-0.2, 0) is 0 Å². The van der Waals surface area contributed by atoms with E-state index in [1.165, 1.54) is 5.56 Å². The van der Waals surface area contributed by atoms with Crippen LogP contribution in [0.4, 0.5) is 0 Å². The molecule has 2 nitrogen and oxygen atoms in total. The van der Waals surface area contributed by atoms with Crippen molar-refractivity contribution in [2.75, 3.05) is 0 Å². The lowest BCUT2D eigenvalue weighted by atomic mass is 10.0. The fraction of sp³-hybridized carbons (Fsp3) is 0.211. The van der Waals surface area contributed by atoms with Gasteiger partial charge in [0.05, 0.1) is 0 Å². The molecule has 0 atom stereocenters. The summed E-state index contributed by atoms with van der Waals surface area (Å²) in [6.45, 7) is 10.3. The second-order valence-electron chi connectivity index (χ2n) is 5.22. The summed E-state index contributed by atoms with van der Waals surface area (Å²) < 4.78 is 2.08. The number of allylic oxidation sites excluding steroid dienone is 5. The quantitative estimate of drug-likeness (QED) is 0.692.